The SMILES string of the molecule is CC(C)(C)[C@H](CO)NC(=O)CCNC(=O)OCc1ccccc1. The van der Waals surface area contributed by atoms with E-state index < -0.39 is 6.09 Å². The van der Waals surface area contributed by atoms with Gasteiger partial charge >= 0.3 is 6.09 Å². The zero-order chi connectivity index (χ0) is 17.3. The average molecular weight is 322 g/mol. The third-order valence-electron chi connectivity index (χ3n) is 3.40. The lowest BCUT2D eigenvalue weighted by Gasteiger charge is -2.29. The normalized spacial score (nSPS) is 12.3. The molecule has 0 bridgehead atoms. The molecule has 6 nitrogen and oxygen atoms in total. The topological polar surface area (TPSA) is 87.7 Å². The summed E-state index contributed by atoms with van der Waals surface area (Å²) in [7, 11) is 0. The number of rotatable bonds is 7. The van der Waals surface area contributed by atoms with E-state index in [1.54, 1.807) is 0 Å². The number of amides is 2. The minimum Gasteiger partial charge on any atom is -0.445 e. The molecular weight excluding hydrogens is 296 g/mol. The first-order valence-electron chi connectivity index (χ1n) is 7.67. The Hall–Kier alpha value is -2.08. The maximum absolute atomic E-state index is 11.8. The fourth-order valence-corrected chi connectivity index (χ4v) is 1.85. The van der Waals surface area contributed by atoms with Crippen LogP contribution in [-0.2, 0) is 16.1 Å². The van der Waals surface area contributed by atoms with E-state index in [2.05, 4.69) is 10.6 Å². The number of nitrogens with one attached hydrogen (secondary N) is 2. The summed E-state index contributed by atoms with van der Waals surface area (Å²) in [4.78, 5) is 23.3. The molecule has 1 rings (SSSR count). The molecule has 6 heteroatoms. The molecule has 0 radical (unpaired) electrons. The van der Waals surface area contributed by atoms with Crippen molar-refractivity contribution in [2.24, 2.45) is 5.41 Å². The van der Waals surface area contributed by atoms with Crippen LogP contribution in [-0.4, -0.2) is 36.3 Å². The standard InChI is InChI=1S/C17H26N2O4/c1-17(2,3)14(11-20)19-15(21)9-10-18-16(22)23-12-13-7-5-4-6-8-13/h4-8,14,20H,9-12H2,1-3H3,(H,18,22)(H,19,21)/t14-/m0/s1. The third kappa shape index (κ3) is 7.65. The largest absolute Gasteiger partial charge is 0.445 e. The highest BCUT2D eigenvalue weighted by Gasteiger charge is 2.25. The van der Waals surface area contributed by atoms with Crippen LogP contribution in [0.4, 0.5) is 4.79 Å². The maximum Gasteiger partial charge on any atom is 0.407 e. The third-order valence-corrected chi connectivity index (χ3v) is 3.40. The van der Waals surface area contributed by atoms with Crippen LogP contribution in [0.25, 0.3) is 0 Å². The number of aliphatic hydroxyl groups excluding tert-OH is 1. The highest BCUT2D eigenvalue weighted by Crippen LogP contribution is 2.18. The Bertz CT molecular complexity index is 497. The molecule has 2 amide bonds. The maximum atomic E-state index is 11.8. The number of alkyl carbamates (subject to hydrolysis) is 1. The molecule has 0 aliphatic heterocycles. The molecule has 0 fully saturated rings. The lowest BCUT2D eigenvalue weighted by molar-refractivity contribution is -0.122. The summed E-state index contributed by atoms with van der Waals surface area (Å²) in [6.45, 7) is 6.06. The molecular formula is C17H26N2O4. The van der Waals surface area contributed by atoms with E-state index in [0.717, 1.165) is 5.56 Å². The molecule has 0 heterocycles. The Balaban J connectivity index is 2.22. The lowest BCUT2D eigenvalue weighted by Crippen LogP contribution is -2.46. The van der Waals surface area contributed by atoms with Gasteiger partial charge in [-0.15, -0.1) is 0 Å². The molecule has 1 aromatic carbocycles. The van der Waals surface area contributed by atoms with Crippen LogP contribution in [0.5, 0.6) is 0 Å². The van der Waals surface area contributed by atoms with Gasteiger partial charge in [0, 0.05) is 13.0 Å². The molecule has 128 valence electrons. The van der Waals surface area contributed by atoms with Crippen molar-refractivity contribution in [1.82, 2.24) is 10.6 Å². The predicted octanol–water partition coefficient (Wildman–Crippen LogP) is 1.83. The molecule has 0 saturated heterocycles. The molecule has 0 unspecified atom stereocenters. The fourth-order valence-electron chi connectivity index (χ4n) is 1.85. The van der Waals surface area contributed by atoms with Gasteiger partial charge in [0.2, 0.25) is 5.91 Å². The summed E-state index contributed by atoms with van der Waals surface area (Å²) in [5.41, 5.74) is 0.670. The zero-order valence-corrected chi connectivity index (χ0v) is 14.0. The highest BCUT2D eigenvalue weighted by molar-refractivity contribution is 5.77. The summed E-state index contributed by atoms with van der Waals surface area (Å²) >= 11 is 0. The lowest BCUT2D eigenvalue weighted by atomic mass is 9.87. The minimum absolute atomic E-state index is 0.123. The van der Waals surface area contributed by atoms with Crippen molar-refractivity contribution in [2.45, 2.75) is 39.8 Å². The number of aliphatic hydroxyl groups is 1. The van der Waals surface area contributed by atoms with Crippen molar-refractivity contribution in [3.05, 3.63) is 35.9 Å². The molecule has 0 saturated carbocycles. The van der Waals surface area contributed by atoms with Gasteiger partial charge in [-0.2, -0.15) is 0 Å². The smallest absolute Gasteiger partial charge is 0.407 e. The van der Waals surface area contributed by atoms with Crippen LogP contribution >= 0.6 is 0 Å². The molecule has 0 aliphatic carbocycles. The van der Waals surface area contributed by atoms with Gasteiger partial charge in [0.25, 0.3) is 0 Å². The van der Waals surface area contributed by atoms with Gasteiger partial charge < -0.3 is 20.5 Å². The van der Waals surface area contributed by atoms with Crippen LogP contribution in [0.15, 0.2) is 30.3 Å². The molecule has 23 heavy (non-hydrogen) atoms. The minimum atomic E-state index is -0.559. The van der Waals surface area contributed by atoms with Crippen LogP contribution in [0.2, 0.25) is 0 Å². The Kier molecular flexibility index (Phi) is 7.54. The number of carbonyl (C=O) groups excluding carboxylic acids is 2. The van der Waals surface area contributed by atoms with Gasteiger partial charge in [-0.25, -0.2) is 4.79 Å². The van der Waals surface area contributed by atoms with E-state index in [1.807, 2.05) is 51.1 Å². The predicted molar refractivity (Wildman–Crippen MR) is 87.7 cm³/mol. The van der Waals surface area contributed by atoms with E-state index in [-0.39, 0.29) is 43.5 Å². The summed E-state index contributed by atoms with van der Waals surface area (Å²) < 4.78 is 5.04. The second kappa shape index (κ2) is 9.15. The number of carbonyl (C=O) groups is 2. The van der Waals surface area contributed by atoms with E-state index in [0.29, 0.717) is 0 Å². The van der Waals surface area contributed by atoms with E-state index in [1.165, 1.54) is 0 Å². The van der Waals surface area contributed by atoms with Gasteiger partial charge in [-0.05, 0) is 11.0 Å². The summed E-state index contributed by atoms with van der Waals surface area (Å²) in [6.07, 6.45) is -0.427. The fraction of sp³-hybridized carbons (Fsp3) is 0.529. The highest BCUT2D eigenvalue weighted by atomic mass is 16.5. The van der Waals surface area contributed by atoms with Crippen molar-refractivity contribution in [2.75, 3.05) is 13.2 Å². The quantitative estimate of drug-likeness (QED) is 0.714. The summed E-state index contributed by atoms with van der Waals surface area (Å²) in [5, 5.41) is 14.6. The van der Waals surface area contributed by atoms with Crippen LogP contribution < -0.4 is 10.6 Å². The van der Waals surface area contributed by atoms with Crippen LogP contribution in [0.1, 0.15) is 32.8 Å². The number of hydrogen-bond acceptors (Lipinski definition) is 4. The average Bonchev–Trinajstić information content (AvgIpc) is 2.50. The number of ether oxygens (including phenoxy) is 1. The second-order valence-corrected chi connectivity index (χ2v) is 6.41. The van der Waals surface area contributed by atoms with Gasteiger partial charge in [-0.1, -0.05) is 51.1 Å². The van der Waals surface area contributed by atoms with Crippen molar-refractivity contribution < 1.29 is 19.4 Å². The van der Waals surface area contributed by atoms with Crippen molar-refractivity contribution >= 4 is 12.0 Å². The molecule has 0 spiro atoms. The zero-order valence-electron chi connectivity index (χ0n) is 14.0. The van der Waals surface area contributed by atoms with Crippen molar-refractivity contribution in [3.63, 3.8) is 0 Å². The van der Waals surface area contributed by atoms with E-state index in [9.17, 15) is 14.7 Å². The monoisotopic (exact) mass is 322 g/mol. The van der Waals surface area contributed by atoms with E-state index >= 15 is 0 Å². The van der Waals surface area contributed by atoms with Crippen molar-refractivity contribution in [3.8, 4) is 0 Å². The first-order chi connectivity index (χ1) is 10.8. The molecule has 1 atom stereocenters. The summed E-state index contributed by atoms with van der Waals surface area (Å²) in [6, 6.07) is 9.03. The van der Waals surface area contributed by atoms with Crippen molar-refractivity contribution in [1.29, 1.82) is 0 Å². The number of benzene rings is 1. The first kappa shape index (κ1) is 19.0. The Labute approximate surface area is 137 Å². The van der Waals surface area contributed by atoms with Crippen LogP contribution in [0.3, 0.4) is 0 Å². The Morgan fingerprint density at radius 3 is 2.43 bits per heavy atom. The van der Waals surface area contributed by atoms with Gasteiger partial charge in [0.05, 0.1) is 12.6 Å². The van der Waals surface area contributed by atoms with Gasteiger partial charge in [-0.3, -0.25) is 4.79 Å². The summed E-state index contributed by atoms with van der Waals surface area (Å²) in [5.74, 6) is -0.220. The Morgan fingerprint density at radius 2 is 1.87 bits per heavy atom. The molecule has 3 N–H and O–H groups in total. The van der Waals surface area contributed by atoms with Crippen LogP contribution in [0, 0.1) is 5.41 Å². The first-order valence-corrected chi connectivity index (χ1v) is 7.67. The molecule has 1 aromatic rings. The molecule has 0 aliphatic rings. The second-order valence-electron chi connectivity index (χ2n) is 6.41. The number of hydrogen-bond donors (Lipinski definition) is 3. The molecule has 0 aromatic heterocycles. The van der Waals surface area contributed by atoms with E-state index in [4.69, 9.17) is 4.74 Å². The Morgan fingerprint density at radius 1 is 1.22 bits per heavy atom. The van der Waals surface area contributed by atoms with Gasteiger partial charge in [0.15, 0.2) is 0 Å². The van der Waals surface area contributed by atoms with Gasteiger partial charge in [0.1, 0.15) is 6.61 Å².